The third kappa shape index (κ3) is 2.58. The van der Waals surface area contributed by atoms with Gasteiger partial charge in [-0.3, -0.25) is 0 Å². The number of ether oxygens (including phenoxy) is 1. The van der Waals surface area contributed by atoms with Crippen molar-refractivity contribution in [1.29, 1.82) is 0 Å². The molecule has 0 unspecified atom stereocenters. The van der Waals surface area contributed by atoms with E-state index in [0.29, 0.717) is 0 Å². The van der Waals surface area contributed by atoms with Crippen molar-refractivity contribution in [2.75, 3.05) is 5.75 Å². The first-order chi connectivity index (χ1) is 11.7. The van der Waals surface area contributed by atoms with E-state index >= 15 is 0 Å². The van der Waals surface area contributed by atoms with Crippen LogP contribution in [-0.4, -0.2) is 10.3 Å². The monoisotopic (exact) mass is 399 g/mol. The second-order valence-corrected chi connectivity index (χ2v) is 7.94. The number of aryl methyl sites for hydroxylation is 2. The molecule has 0 spiro atoms. The maximum Gasteiger partial charge on any atom is 0.143 e. The Labute approximate surface area is 154 Å². The van der Waals surface area contributed by atoms with Crippen molar-refractivity contribution in [2.24, 2.45) is 7.05 Å². The Morgan fingerprint density at radius 1 is 1.17 bits per heavy atom. The van der Waals surface area contributed by atoms with Crippen molar-refractivity contribution in [3.8, 4) is 5.75 Å². The van der Waals surface area contributed by atoms with Crippen LogP contribution in [0, 0.1) is 6.92 Å². The van der Waals surface area contributed by atoms with Crippen LogP contribution in [0.5, 0.6) is 5.75 Å². The minimum atomic E-state index is 0.894. The molecule has 1 aliphatic heterocycles. The summed E-state index contributed by atoms with van der Waals surface area (Å²) >= 11 is 5.52. The molecular formula is C20H18BrNOS. The van der Waals surface area contributed by atoms with Gasteiger partial charge in [0.25, 0.3) is 0 Å². The zero-order chi connectivity index (χ0) is 16.7. The van der Waals surface area contributed by atoms with Crippen LogP contribution >= 0.6 is 27.7 Å². The van der Waals surface area contributed by atoms with Crippen molar-refractivity contribution in [2.45, 2.75) is 18.4 Å². The molecule has 122 valence electrons. The summed E-state index contributed by atoms with van der Waals surface area (Å²) in [6.45, 7) is 2.07. The predicted octanol–water partition coefficient (Wildman–Crippen LogP) is 6.16. The number of para-hydroxylation sites is 2. The second kappa shape index (κ2) is 6.34. The molecule has 3 aromatic rings. The lowest BCUT2D eigenvalue weighted by Crippen LogP contribution is -2.01. The summed E-state index contributed by atoms with van der Waals surface area (Å²) in [6, 6.07) is 14.7. The van der Waals surface area contributed by atoms with E-state index < -0.39 is 0 Å². The van der Waals surface area contributed by atoms with Gasteiger partial charge < -0.3 is 9.30 Å². The van der Waals surface area contributed by atoms with E-state index in [2.05, 4.69) is 64.8 Å². The van der Waals surface area contributed by atoms with Gasteiger partial charge in [-0.05, 0) is 52.5 Å². The first kappa shape index (κ1) is 15.9. The SMILES string of the molecule is Cc1cccc(Br)c1O/C=C1\CCSc2c1c1ccccc1n2C. The number of hydrogen-bond acceptors (Lipinski definition) is 2. The van der Waals surface area contributed by atoms with Crippen LogP contribution in [0.1, 0.15) is 17.5 Å². The molecule has 0 radical (unpaired) electrons. The van der Waals surface area contributed by atoms with E-state index in [-0.39, 0.29) is 0 Å². The Kier molecular flexibility index (Phi) is 4.19. The third-order valence-corrected chi connectivity index (χ3v) is 6.25. The standard InChI is InChI=1S/C20H18BrNOS/c1-13-6-5-8-16(21)19(13)23-12-14-10-11-24-20-18(14)15-7-3-4-9-17(15)22(20)2/h3-9,12H,10-11H2,1-2H3/b14-12+. The zero-order valence-corrected chi connectivity index (χ0v) is 16.1. The molecule has 0 amide bonds. The molecule has 0 fully saturated rings. The molecule has 4 heteroatoms. The number of nitrogens with zero attached hydrogens (tertiary/aromatic N) is 1. The van der Waals surface area contributed by atoms with Crippen molar-refractivity contribution >= 4 is 44.2 Å². The number of fused-ring (bicyclic) bond motifs is 3. The van der Waals surface area contributed by atoms with Gasteiger partial charge in [0.15, 0.2) is 0 Å². The summed E-state index contributed by atoms with van der Waals surface area (Å²) < 4.78 is 9.38. The van der Waals surface area contributed by atoms with E-state index in [4.69, 9.17) is 4.74 Å². The Balaban J connectivity index is 1.81. The molecule has 2 heterocycles. The molecule has 2 nitrogen and oxygen atoms in total. The van der Waals surface area contributed by atoms with Gasteiger partial charge in [0, 0.05) is 29.3 Å². The van der Waals surface area contributed by atoms with Crippen LogP contribution in [0.4, 0.5) is 0 Å². The average molecular weight is 400 g/mol. The fraction of sp³-hybridized carbons (Fsp3) is 0.200. The summed E-state index contributed by atoms with van der Waals surface area (Å²) in [5.74, 6) is 1.98. The lowest BCUT2D eigenvalue weighted by molar-refractivity contribution is 0.475. The van der Waals surface area contributed by atoms with Crippen molar-refractivity contribution in [3.05, 3.63) is 64.3 Å². The Morgan fingerprint density at radius 2 is 2.00 bits per heavy atom. The van der Waals surface area contributed by atoms with Crippen molar-refractivity contribution in [1.82, 2.24) is 4.57 Å². The summed E-state index contributed by atoms with van der Waals surface area (Å²) in [6.07, 6.45) is 2.97. The normalized spacial score (nSPS) is 15.7. The molecular weight excluding hydrogens is 382 g/mol. The van der Waals surface area contributed by atoms with E-state index in [1.165, 1.54) is 27.1 Å². The molecule has 4 rings (SSSR count). The topological polar surface area (TPSA) is 14.2 Å². The molecule has 0 aliphatic carbocycles. The van der Waals surface area contributed by atoms with E-state index in [1.807, 2.05) is 30.2 Å². The number of halogens is 1. The minimum absolute atomic E-state index is 0.894. The number of rotatable bonds is 2. The number of allylic oxidation sites excluding steroid dienone is 1. The van der Waals surface area contributed by atoms with E-state index in [1.54, 1.807) is 0 Å². The molecule has 24 heavy (non-hydrogen) atoms. The van der Waals surface area contributed by atoms with Gasteiger partial charge >= 0.3 is 0 Å². The maximum absolute atomic E-state index is 6.09. The third-order valence-electron chi connectivity index (χ3n) is 4.47. The summed E-state index contributed by atoms with van der Waals surface area (Å²) in [5.41, 5.74) is 5.01. The summed E-state index contributed by atoms with van der Waals surface area (Å²) in [5, 5.41) is 2.64. The van der Waals surface area contributed by atoms with Crippen LogP contribution < -0.4 is 4.74 Å². The molecule has 0 saturated carbocycles. The highest BCUT2D eigenvalue weighted by Crippen LogP contribution is 2.43. The number of benzene rings is 2. The fourth-order valence-electron chi connectivity index (χ4n) is 3.25. The molecule has 0 bridgehead atoms. The molecule has 0 saturated heterocycles. The number of thioether (sulfide) groups is 1. The first-order valence-electron chi connectivity index (χ1n) is 7.98. The van der Waals surface area contributed by atoms with Gasteiger partial charge in [-0.15, -0.1) is 11.8 Å². The van der Waals surface area contributed by atoms with Gasteiger partial charge in [-0.2, -0.15) is 0 Å². The van der Waals surface area contributed by atoms with E-state index in [9.17, 15) is 0 Å². The Bertz CT molecular complexity index is 937. The Morgan fingerprint density at radius 3 is 2.83 bits per heavy atom. The number of hydrogen-bond donors (Lipinski definition) is 0. The number of aromatic nitrogens is 1. The molecule has 2 aromatic carbocycles. The van der Waals surface area contributed by atoms with Crippen LogP contribution in [0.25, 0.3) is 16.5 Å². The Hall–Kier alpha value is -1.65. The largest absolute Gasteiger partial charge is 0.463 e. The smallest absolute Gasteiger partial charge is 0.143 e. The molecule has 0 atom stereocenters. The van der Waals surface area contributed by atoms with Gasteiger partial charge in [-0.1, -0.05) is 30.3 Å². The van der Waals surface area contributed by atoms with Gasteiger partial charge in [0.2, 0.25) is 0 Å². The van der Waals surface area contributed by atoms with Crippen molar-refractivity contribution in [3.63, 3.8) is 0 Å². The van der Waals surface area contributed by atoms with Gasteiger partial charge in [0.1, 0.15) is 5.75 Å². The molecule has 1 aliphatic rings. The second-order valence-electron chi connectivity index (χ2n) is 6.00. The summed E-state index contributed by atoms with van der Waals surface area (Å²) in [4.78, 5) is 0. The van der Waals surface area contributed by atoms with Gasteiger partial charge in [0.05, 0.1) is 15.8 Å². The predicted molar refractivity (Wildman–Crippen MR) is 106 cm³/mol. The zero-order valence-electron chi connectivity index (χ0n) is 13.7. The average Bonchev–Trinajstić information content (AvgIpc) is 2.89. The molecule has 1 aromatic heterocycles. The van der Waals surface area contributed by atoms with Crippen LogP contribution in [0.3, 0.4) is 0 Å². The van der Waals surface area contributed by atoms with Crippen LogP contribution in [0.2, 0.25) is 0 Å². The lowest BCUT2D eigenvalue weighted by atomic mass is 10.0. The fourth-order valence-corrected chi connectivity index (χ4v) is 5.00. The molecule has 0 N–H and O–H groups in total. The quantitative estimate of drug-likeness (QED) is 0.478. The lowest BCUT2D eigenvalue weighted by Gasteiger charge is -2.17. The highest BCUT2D eigenvalue weighted by Gasteiger charge is 2.23. The van der Waals surface area contributed by atoms with E-state index in [0.717, 1.165) is 28.0 Å². The first-order valence-corrected chi connectivity index (χ1v) is 9.76. The van der Waals surface area contributed by atoms with Crippen LogP contribution in [-0.2, 0) is 7.05 Å². The highest BCUT2D eigenvalue weighted by atomic mass is 79.9. The highest BCUT2D eigenvalue weighted by molar-refractivity contribution is 9.10. The van der Waals surface area contributed by atoms with Crippen LogP contribution in [0.15, 0.2) is 58.2 Å². The summed E-state index contributed by atoms with van der Waals surface area (Å²) in [7, 11) is 2.15. The van der Waals surface area contributed by atoms with Gasteiger partial charge in [-0.25, -0.2) is 0 Å². The maximum atomic E-state index is 6.09. The minimum Gasteiger partial charge on any atom is -0.463 e. The van der Waals surface area contributed by atoms with Crippen molar-refractivity contribution < 1.29 is 4.74 Å².